The zero-order chi connectivity index (χ0) is 52.9. The summed E-state index contributed by atoms with van der Waals surface area (Å²) < 4.78 is 5.48. The molecule has 3 N–H and O–H groups in total. The van der Waals surface area contributed by atoms with Gasteiger partial charge in [-0.3, -0.25) is 9.59 Å². The minimum atomic E-state index is -0.659. The summed E-state index contributed by atoms with van der Waals surface area (Å²) in [6, 6.07) is -0.536. The van der Waals surface area contributed by atoms with Crippen molar-refractivity contribution in [1.82, 2.24) is 5.32 Å². The second kappa shape index (κ2) is 63.1. The Hall–Kier alpha value is -1.40. The monoisotopic (exact) mass is 1030 g/mol. The Morgan fingerprint density at radius 2 is 0.644 bits per heavy atom. The van der Waals surface area contributed by atoms with Gasteiger partial charge < -0.3 is 20.3 Å². The summed E-state index contributed by atoms with van der Waals surface area (Å²) in [5.41, 5.74) is 0. The van der Waals surface area contributed by atoms with Gasteiger partial charge >= 0.3 is 5.97 Å². The number of hydrogen-bond donors (Lipinski definition) is 3. The summed E-state index contributed by atoms with van der Waals surface area (Å²) in [7, 11) is 0. The van der Waals surface area contributed by atoms with Crippen LogP contribution in [0.15, 0.2) is 12.2 Å². The van der Waals surface area contributed by atoms with Crippen LogP contribution >= 0.6 is 0 Å². The number of ether oxygens (including phenoxy) is 1. The maximum atomic E-state index is 12.5. The van der Waals surface area contributed by atoms with Crippen molar-refractivity contribution >= 4 is 11.9 Å². The number of aliphatic hydroxyl groups is 2. The Bertz CT molecular complexity index is 1100. The Balaban J connectivity index is 3.30. The zero-order valence-corrected chi connectivity index (χ0v) is 49.6. The second-order valence-electron chi connectivity index (χ2n) is 23.2. The highest BCUT2D eigenvalue weighted by Crippen LogP contribution is 2.19. The van der Waals surface area contributed by atoms with E-state index in [1.165, 1.54) is 302 Å². The lowest BCUT2D eigenvalue weighted by Crippen LogP contribution is -2.45. The SMILES string of the molecule is CCCCCC/C=C\CCCCCCCC(=O)OCCCCCCCCCCCCCCCCCCCCCCCCCCCCCCCCCC(=O)NC(CO)C(O)CCCCCCCCCCCCCC. The van der Waals surface area contributed by atoms with Gasteiger partial charge in [0.05, 0.1) is 25.4 Å². The maximum Gasteiger partial charge on any atom is 0.305 e. The molecule has 0 heterocycles. The Morgan fingerprint density at radius 1 is 0.370 bits per heavy atom. The van der Waals surface area contributed by atoms with Crippen LogP contribution in [-0.4, -0.2) is 47.4 Å². The van der Waals surface area contributed by atoms with Gasteiger partial charge in [-0.15, -0.1) is 0 Å². The van der Waals surface area contributed by atoms with Gasteiger partial charge in [0, 0.05) is 12.8 Å². The van der Waals surface area contributed by atoms with Crippen molar-refractivity contribution in [2.45, 2.75) is 392 Å². The van der Waals surface area contributed by atoms with Gasteiger partial charge in [-0.25, -0.2) is 0 Å². The molecule has 0 saturated heterocycles. The molecule has 0 radical (unpaired) electrons. The molecule has 0 aromatic rings. The highest BCUT2D eigenvalue weighted by Gasteiger charge is 2.20. The first-order chi connectivity index (χ1) is 36.0. The van der Waals surface area contributed by atoms with Crippen molar-refractivity contribution in [3.05, 3.63) is 12.2 Å². The number of allylic oxidation sites excluding steroid dienone is 2. The van der Waals surface area contributed by atoms with Gasteiger partial charge in [0.1, 0.15) is 0 Å². The van der Waals surface area contributed by atoms with Crippen molar-refractivity contribution in [2.24, 2.45) is 0 Å². The van der Waals surface area contributed by atoms with Crippen LogP contribution in [0.25, 0.3) is 0 Å². The standard InChI is InChI=1S/C67H131NO5/c1-3-5-7-9-11-13-15-36-41-45-49-53-57-61-67(72)73-62-58-54-50-46-42-38-35-33-31-29-27-25-23-21-19-17-18-20-22-24-26-28-30-32-34-37-40-44-48-52-56-60-66(71)68-64(63-69)65(70)59-55-51-47-43-39-16-14-12-10-8-6-4-2/h13,15,64-65,69-70H,3-12,14,16-63H2,1-2H3,(H,68,71)/b15-13-. The minimum Gasteiger partial charge on any atom is -0.466 e. The number of rotatable bonds is 63. The maximum absolute atomic E-state index is 12.5. The third kappa shape index (κ3) is 59.7. The molecule has 1 amide bonds. The third-order valence-electron chi connectivity index (χ3n) is 15.8. The zero-order valence-electron chi connectivity index (χ0n) is 49.6. The van der Waals surface area contributed by atoms with E-state index in [0.717, 1.165) is 44.9 Å². The van der Waals surface area contributed by atoms with Gasteiger partial charge in [0.2, 0.25) is 5.91 Å². The normalized spacial score (nSPS) is 12.5. The van der Waals surface area contributed by atoms with Crippen LogP contribution in [0.5, 0.6) is 0 Å². The van der Waals surface area contributed by atoms with Crippen LogP contribution in [0.4, 0.5) is 0 Å². The van der Waals surface area contributed by atoms with E-state index in [1.54, 1.807) is 0 Å². The fraction of sp³-hybridized carbons (Fsp3) is 0.940. The summed E-state index contributed by atoms with van der Waals surface area (Å²) in [6.45, 7) is 4.96. The third-order valence-corrected chi connectivity index (χ3v) is 15.8. The van der Waals surface area contributed by atoms with E-state index >= 15 is 0 Å². The van der Waals surface area contributed by atoms with E-state index in [4.69, 9.17) is 4.74 Å². The highest BCUT2D eigenvalue weighted by molar-refractivity contribution is 5.76. The smallest absolute Gasteiger partial charge is 0.305 e. The molecule has 2 unspecified atom stereocenters. The first-order valence-corrected chi connectivity index (χ1v) is 33.4. The lowest BCUT2D eigenvalue weighted by Gasteiger charge is -2.22. The van der Waals surface area contributed by atoms with E-state index in [-0.39, 0.29) is 18.5 Å². The van der Waals surface area contributed by atoms with Crippen LogP contribution < -0.4 is 5.32 Å². The molecule has 73 heavy (non-hydrogen) atoms. The highest BCUT2D eigenvalue weighted by atomic mass is 16.5. The molecule has 0 aromatic heterocycles. The molecule has 0 aromatic carbocycles. The van der Waals surface area contributed by atoms with Crippen LogP contribution in [0.1, 0.15) is 380 Å². The Morgan fingerprint density at radius 3 is 0.986 bits per heavy atom. The predicted octanol–water partition coefficient (Wildman–Crippen LogP) is 21.2. The molecule has 2 atom stereocenters. The molecule has 0 fully saturated rings. The number of carbonyl (C=O) groups excluding carboxylic acids is 2. The molecular weight excluding hydrogens is 899 g/mol. The molecule has 0 saturated carbocycles. The van der Waals surface area contributed by atoms with Gasteiger partial charge in [-0.2, -0.15) is 0 Å². The number of aliphatic hydroxyl groups excluding tert-OH is 2. The average Bonchev–Trinajstić information content (AvgIpc) is 3.39. The summed E-state index contributed by atoms with van der Waals surface area (Å²) >= 11 is 0. The van der Waals surface area contributed by atoms with Crippen LogP contribution in [0.3, 0.4) is 0 Å². The quantitative estimate of drug-likeness (QED) is 0.0320. The van der Waals surface area contributed by atoms with Crippen LogP contribution in [-0.2, 0) is 14.3 Å². The van der Waals surface area contributed by atoms with E-state index < -0.39 is 12.1 Å². The van der Waals surface area contributed by atoms with E-state index in [1.807, 2.05) is 0 Å². The van der Waals surface area contributed by atoms with Crippen molar-refractivity contribution < 1.29 is 24.5 Å². The summed E-state index contributed by atoms with van der Waals surface area (Å²) in [5, 5.41) is 23.2. The van der Waals surface area contributed by atoms with Crippen LogP contribution in [0, 0.1) is 0 Å². The first kappa shape index (κ1) is 71.6. The number of carbonyl (C=O) groups is 2. The molecule has 0 bridgehead atoms. The molecule has 6 heteroatoms. The van der Waals surface area contributed by atoms with Gasteiger partial charge in [-0.1, -0.05) is 328 Å². The van der Waals surface area contributed by atoms with Crippen molar-refractivity contribution in [3.63, 3.8) is 0 Å². The van der Waals surface area contributed by atoms with E-state index in [0.29, 0.717) is 25.9 Å². The molecular formula is C67H131NO5. The molecule has 6 nitrogen and oxygen atoms in total. The Labute approximate surface area is 457 Å². The summed E-state index contributed by atoms with van der Waals surface area (Å²) in [5.74, 6) is -0.0172. The van der Waals surface area contributed by atoms with Gasteiger partial charge in [-0.05, 0) is 51.4 Å². The molecule has 0 aliphatic carbocycles. The van der Waals surface area contributed by atoms with Gasteiger partial charge in [0.15, 0.2) is 0 Å². The molecule has 0 rings (SSSR count). The Kier molecular flexibility index (Phi) is 61.9. The largest absolute Gasteiger partial charge is 0.466 e. The number of unbranched alkanes of at least 4 members (excludes halogenated alkanes) is 50. The second-order valence-corrected chi connectivity index (χ2v) is 23.2. The summed E-state index contributed by atoms with van der Waals surface area (Å²) in [6.07, 6.45) is 76.9. The van der Waals surface area contributed by atoms with Crippen LogP contribution in [0.2, 0.25) is 0 Å². The number of hydrogen-bond acceptors (Lipinski definition) is 5. The first-order valence-electron chi connectivity index (χ1n) is 33.4. The van der Waals surface area contributed by atoms with Crippen molar-refractivity contribution in [2.75, 3.05) is 13.2 Å². The van der Waals surface area contributed by atoms with E-state index in [2.05, 4.69) is 31.3 Å². The summed E-state index contributed by atoms with van der Waals surface area (Å²) in [4.78, 5) is 24.5. The molecule has 0 aliphatic rings. The molecule has 434 valence electrons. The number of nitrogens with one attached hydrogen (secondary N) is 1. The number of amides is 1. The lowest BCUT2D eigenvalue weighted by atomic mass is 10.0. The van der Waals surface area contributed by atoms with Crippen molar-refractivity contribution in [3.8, 4) is 0 Å². The lowest BCUT2D eigenvalue weighted by molar-refractivity contribution is -0.143. The predicted molar refractivity (Wildman–Crippen MR) is 320 cm³/mol. The molecule has 0 spiro atoms. The van der Waals surface area contributed by atoms with Crippen molar-refractivity contribution in [1.29, 1.82) is 0 Å². The fourth-order valence-corrected chi connectivity index (χ4v) is 10.7. The topological polar surface area (TPSA) is 95.9 Å². The minimum absolute atomic E-state index is 0.0120. The number of esters is 1. The fourth-order valence-electron chi connectivity index (χ4n) is 10.7. The van der Waals surface area contributed by atoms with Gasteiger partial charge in [0.25, 0.3) is 0 Å². The molecule has 0 aliphatic heterocycles. The van der Waals surface area contributed by atoms with E-state index in [9.17, 15) is 19.8 Å². The average molecular weight is 1030 g/mol.